The van der Waals surface area contributed by atoms with Crippen LogP contribution in [0.5, 0.6) is 0 Å². The first-order valence-electron chi connectivity index (χ1n) is 3.27. The summed E-state index contributed by atoms with van der Waals surface area (Å²) in [4.78, 5) is 10.8. The summed E-state index contributed by atoms with van der Waals surface area (Å²) >= 11 is 3.09. The second-order valence-electron chi connectivity index (χ2n) is 2.36. The van der Waals surface area contributed by atoms with E-state index >= 15 is 0 Å². The Bertz CT molecular complexity index is 310. The van der Waals surface area contributed by atoms with Gasteiger partial charge >= 0.3 is 7.12 Å². The van der Waals surface area contributed by atoms with Gasteiger partial charge in [0.15, 0.2) is 0 Å². The van der Waals surface area contributed by atoms with Gasteiger partial charge in [0.2, 0.25) is 5.91 Å². The number of carbonyl (C=O) groups is 1. The van der Waals surface area contributed by atoms with Gasteiger partial charge in [0.1, 0.15) is 0 Å². The summed E-state index contributed by atoms with van der Waals surface area (Å²) in [6, 6.07) is 0. The van der Waals surface area contributed by atoms with E-state index in [-0.39, 0.29) is 11.4 Å². The monoisotopic (exact) mass is 231 g/mol. The number of carbonyl (C=O) groups excluding carboxylic acids is 1. The average molecular weight is 232 g/mol. The third-order valence-corrected chi connectivity index (χ3v) is 2.11. The van der Waals surface area contributed by atoms with E-state index in [1.807, 2.05) is 0 Å². The topological polar surface area (TPSA) is 62.5 Å². The van der Waals surface area contributed by atoms with Crippen molar-refractivity contribution < 1.29 is 14.8 Å². The van der Waals surface area contributed by atoms with Gasteiger partial charge in [-0.1, -0.05) is 0 Å². The lowest BCUT2D eigenvalue weighted by atomic mass is 9.83. The Morgan fingerprint density at radius 2 is 2.17 bits per heavy atom. The summed E-state index contributed by atoms with van der Waals surface area (Å²) in [5.41, 5.74) is 0.283. The van der Waals surface area contributed by atoms with Crippen LogP contribution in [0, 0.1) is 0 Å². The maximum atomic E-state index is 10.8. The summed E-state index contributed by atoms with van der Waals surface area (Å²) in [6.45, 7) is 1.39. The van der Waals surface area contributed by atoms with E-state index in [9.17, 15) is 4.79 Å². The van der Waals surface area contributed by atoms with Crippen LogP contribution in [-0.2, 0) is 0 Å². The van der Waals surface area contributed by atoms with Crippen LogP contribution in [0.3, 0.4) is 0 Å². The highest BCUT2D eigenvalue weighted by Crippen LogP contribution is 2.07. The SMILES string of the molecule is CC(=O)n1cc(Br)c(B(O)O)c1. The van der Waals surface area contributed by atoms with E-state index in [4.69, 9.17) is 10.0 Å². The Hall–Kier alpha value is -0.585. The van der Waals surface area contributed by atoms with Crippen molar-refractivity contribution in [1.29, 1.82) is 0 Å². The van der Waals surface area contributed by atoms with Crippen molar-refractivity contribution in [2.45, 2.75) is 6.92 Å². The molecular weight excluding hydrogens is 225 g/mol. The van der Waals surface area contributed by atoms with Crippen LogP contribution in [0.1, 0.15) is 11.7 Å². The number of nitrogens with zero attached hydrogens (tertiary/aromatic N) is 1. The van der Waals surface area contributed by atoms with Crippen molar-refractivity contribution in [2.75, 3.05) is 0 Å². The minimum absolute atomic E-state index is 0.178. The maximum Gasteiger partial charge on any atom is 0.491 e. The molecule has 0 spiro atoms. The molecule has 0 unspecified atom stereocenters. The molecule has 1 aromatic rings. The number of aromatic nitrogens is 1. The van der Waals surface area contributed by atoms with Crippen molar-refractivity contribution in [2.24, 2.45) is 0 Å². The molecule has 0 amide bonds. The van der Waals surface area contributed by atoms with E-state index in [1.165, 1.54) is 23.9 Å². The third kappa shape index (κ3) is 1.77. The molecule has 0 saturated heterocycles. The van der Waals surface area contributed by atoms with Crippen molar-refractivity contribution in [3.8, 4) is 0 Å². The van der Waals surface area contributed by atoms with Crippen molar-refractivity contribution in [1.82, 2.24) is 4.57 Å². The molecule has 12 heavy (non-hydrogen) atoms. The fourth-order valence-electron chi connectivity index (χ4n) is 0.817. The van der Waals surface area contributed by atoms with Crippen LogP contribution in [0.25, 0.3) is 0 Å². The summed E-state index contributed by atoms with van der Waals surface area (Å²) < 4.78 is 1.78. The number of hydrogen-bond donors (Lipinski definition) is 2. The van der Waals surface area contributed by atoms with Crippen LogP contribution in [0.2, 0.25) is 0 Å². The van der Waals surface area contributed by atoms with Crippen LogP contribution >= 0.6 is 15.9 Å². The predicted octanol–water partition coefficient (Wildman–Crippen LogP) is -0.409. The summed E-state index contributed by atoms with van der Waals surface area (Å²) in [5, 5.41) is 17.6. The smallest absolute Gasteiger partial charge is 0.423 e. The Balaban J connectivity index is 3.09. The molecule has 0 saturated carbocycles. The van der Waals surface area contributed by atoms with Crippen molar-refractivity contribution in [3.63, 3.8) is 0 Å². The molecular formula is C6H7BBrNO3. The van der Waals surface area contributed by atoms with Crippen LogP contribution < -0.4 is 5.46 Å². The first-order chi connectivity index (χ1) is 5.52. The Morgan fingerprint density at radius 1 is 1.58 bits per heavy atom. The summed E-state index contributed by atoms with van der Waals surface area (Å²) in [6.07, 6.45) is 2.86. The number of rotatable bonds is 1. The highest BCUT2D eigenvalue weighted by molar-refractivity contribution is 9.10. The number of hydrogen-bond acceptors (Lipinski definition) is 3. The van der Waals surface area contributed by atoms with Gasteiger partial charge in [-0.2, -0.15) is 0 Å². The highest BCUT2D eigenvalue weighted by atomic mass is 79.9. The molecule has 0 atom stereocenters. The first kappa shape index (κ1) is 9.50. The zero-order valence-electron chi connectivity index (χ0n) is 6.36. The van der Waals surface area contributed by atoms with Crippen LogP contribution in [0.15, 0.2) is 16.9 Å². The average Bonchev–Trinajstić information content (AvgIpc) is 2.30. The Kier molecular flexibility index (Phi) is 2.71. The molecule has 0 radical (unpaired) electrons. The molecule has 64 valence electrons. The molecule has 0 bridgehead atoms. The molecule has 0 aliphatic heterocycles. The zero-order valence-corrected chi connectivity index (χ0v) is 7.95. The second-order valence-corrected chi connectivity index (χ2v) is 3.22. The van der Waals surface area contributed by atoms with E-state index < -0.39 is 7.12 Å². The standard InChI is InChI=1S/C6H7BBrNO3/c1-4(10)9-2-5(7(11)12)6(8)3-9/h2-3,11-12H,1H3. The van der Waals surface area contributed by atoms with Gasteiger partial charge in [-0.05, 0) is 15.9 Å². The van der Waals surface area contributed by atoms with Gasteiger partial charge in [-0.15, -0.1) is 0 Å². The zero-order chi connectivity index (χ0) is 9.30. The van der Waals surface area contributed by atoms with Gasteiger partial charge in [0.25, 0.3) is 0 Å². The molecule has 0 aliphatic rings. The first-order valence-corrected chi connectivity index (χ1v) is 4.06. The second kappa shape index (κ2) is 3.43. The van der Waals surface area contributed by atoms with Gasteiger partial charge in [0, 0.05) is 29.3 Å². The third-order valence-electron chi connectivity index (χ3n) is 1.45. The number of halogens is 1. The largest absolute Gasteiger partial charge is 0.491 e. The lowest BCUT2D eigenvalue weighted by molar-refractivity contribution is 0.0937. The van der Waals surface area contributed by atoms with Crippen LogP contribution in [0.4, 0.5) is 0 Å². The quantitative estimate of drug-likeness (QED) is 0.647. The molecule has 2 N–H and O–H groups in total. The van der Waals surface area contributed by atoms with Crippen LogP contribution in [-0.4, -0.2) is 27.6 Å². The lowest BCUT2D eigenvalue weighted by Crippen LogP contribution is -2.29. The maximum absolute atomic E-state index is 10.8. The fourth-order valence-corrected chi connectivity index (χ4v) is 1.34. The summed E-state index contributed by atoms with van der Waals surface area (Å²) in [7, 11) is -1.56. The fraction of sp³-hybridized carbons (Fsp3) is 0.167. The molecule has 4 nitrogen and oxygen atoms in total. The molecule has 0 aromatic carbocycles. The van der Waals surface area contributed by atoms with Gasteiger partial charge in [-0.3, -0.25) is 9.36 Å². The molecule has 1 heterocycles. The highest BCUT2D eigenvalue weighted by Gasteiger charge is 2.17. The summed E-state index contributed by atoms with van der Waals surface area (Å²) in [5.74, 6) is -0.178. The van der Waals surface area contributed by atoms with E-state index in [0.717, 1.165) is 0 Å². The van der Waals surface area contributed by atoms with Gasteiger partial charge in [0.05, 0.1) is 0 Å². The van der Waals surface area contributed by atoms with Crippen molar-refractivity contribution >= 4 is 34.4 Å². The molecule has 6 heteroatoms. The lowest BCUT2D eigenvalue weighted by Gasteiger charge is -1.93. The van der Waals surface area contributed by atoms with E-state index in [2.05, 4.69) is 15.9 Å². The van der Waals surface area contributed by atoms with Crippen molar-refractivity contribution in [3.05, 3.63) is 16.9 Å². The Labute approximate surface area is 78.1 Å². The van der Waals surface area contributed by atoms with E-state index in [0.29, 0.717) is 4.47 Å². The molecule has 0 aliphatic carbocycles. The minimum atomic E-state index is -1.56. The normalized spacial score (nSPS) is 10.0. The Morgan fingerprint density at radius 3 is 2.42 bits per heavy atom. The van der Waals surface area contributed by atoms with Gasteiger partial charge in [-0.25, -0.2) is 0 Å². The van der Waals surface area contributed by atoms with Gasteiger partial charge < -0.3 is 10.0 Å². The van der Waals surface area contributed by atoms with E-state index in [1.54, 1.807) is 0 Å². The molecule has 1 aromatic heterocycles. The predicted molar refractivity (Wildman–Crippen MR) is 48.3 cm³/mol. The molecule has 1 rings (SSSR count). The molecule has 0 fully saturated rings. The minimum Gasteiger partial charge on any atom is -0.423 e.